The summed E-state index contributed by atoms with van der Waals surface area (Å²) in [4.78, 5) is 7.93. The standard InChI is InChI=1S/C9H12N6/c1-6-4-7(2-3-12-6)5-15-9(11)13-8(10)14-15/h2-4H,5H2,1H3,(H4,10,11,13,14). The normalized spacial score (nSPS) is 10.5. The minimum Gasteiger partial charge on any atom is -0.368 e. The fraction of sp³-hybridized carbons (Fsp3) is 0.222. The first-order valence-corrected chi connectivity index (χ1v) is 4.52. The summed E-state index contributed by atoms with van der Waals surface area (Å²) in [6.07, 6.45) is 1.75. The molecule has 4 N–H and O–H groups in total. The lowest BCUT2D eigenvalue weighted by Gasteiger charge is -2.02. The molecule has 0 saturated carbocycles. The van der Waals surface area contributed by atoms with Gasteiger partial charge < -0.3 is 11.5 Å². The highest BCUT2D eigenvalue weighted by atomic mass is 15.4. The Bertz CT molecular complexity index is 475. The van der Waals surface area contributed by atoms with E-state index in [0.29, 0.717) is 12.5 Å². The van der Waals surface area contributed by atoms with Crippen LogP contribution in [-0.4, -0.2) is 19.7 Å². The maximum Gasteiger partial charge on any atom is 0.241 e. The summed E-state index contributed by atoms with van der Waals surface area (Å²) < 4.78 is 1.56. The van der Waals surface area contributed by atoms with Crippen LogP contribution in [0, 0.1) is 6.92 Å². The highest BCUT2D eigenvalue weighted by Crippen LogP contribution is 2.07. The number of hydrogen-bond donors (Lipinski definition) is 2. The molecule has 2 aromatic rings. The van der Waals surface area contributed by atoms with E-state index in [1.165, 1.54) is 0 Å². The Labute approximate surface area is 86.9 Å². The maximum atomic E-state index is 5.62. The number of pyridine rings is 1. The van der Waals surface area contributed by atoms with Gasteiger partial charge in [-0.3, -0.25) is 4.98 Å². The number of nitrogens with zero attached hydrogens (tertiary/aromatic N) is 4. The van der Waals surface area contributed by atoms with Crippen molar-refractivity contribution in [3.05, 3.63) is 29.6 Å². The van der Waals surface area contributed by atoms with Gasteiger partial charge in [-0.25, -0.2) is 4.68 Å². The van der Waals surface area contributed by atoms with E-state index in [0.717, 1.165) is 11.3 Å². The summed E-state index contributed by atoms with van der Waals surface area (Å²) in [5.41, 5.74) is 13.1. The largest absolute Gasteiger partial charge is 0.368 e. The Morgan fingerprint density at radius 2 is 2.20 bits per heavy atom. The zero-order chi connectivity index (χ0) is 10.8. The first kappa shape index (κ1) is 9.45. The van der Waals surface area contributed by atoms with E-state index in [4.69, 9.17) is 11.5 Å². The lowest BCUT2D eigenvalue weighted by molar-refractivity contribution is 0.697. The summed E-state index contributed by atoms with van der Waals surface area (Å²) in [7, 11) is 0. The van der Waals surface area contributed by atoms with Crippen molar-refractivity contribution < 1.29 is 0 Å². The van der Waals surface area contributed by atoms with E-state index in [9.17, 15) is 0 Å². The molecule has 0 aliphatic heterocycles. The minimum absolute atomic E-state index is 0.193. The molecule has 0 aliphatic carbocycles. The second kappa shape index (κ2) is 3.56. The van der Waals surface area contributed by atoms with Crippen LogP contribution in [0.1, 0.15) is 11.3 Å². The average molecular weight is 204 g/mol. The van der Waals surface area contributed by atoms with Crippen molar-refractivity contribution in [2.24, 2.45) is 0 Å². The van der Waals surface area contributed by atoms with Crippen molar-refractivity contribution >= 4 is 11.9 Å². The molecule has 0 fully saturated rings. The van der Waals surface area contributed by atoms with Gasteiger partial charge in [0.2, 0.25) is 11.9 Å². The Balaban J connectivity index is 2.25. The van der Waals surface area contributed by atoms with Gasteiger partial charge in [0.05, 0.1) is 6.54 Å². The average Bonchev–Trinajstić information content (AvgIpc) is 2.45. The van der Waals surface area contributed by atoms with E-state index in [1.807, 2.05) is 19.1 Å². The number of hydrogen-bond acceptors (Lipinski definition) is 5. The van der Waals surface area contributed by atoms with Crippen LogP contribution in [0.25, 0.3) is 0 Å². The quantitative estimate of drug-likeness (QED) is 0.728. The van der Waals surface area contributed by atoms with Crippen LogP contribution in [0.3, 0.4) is 0 Å². The molecule has 0 unspecified atom stereocenters. The summed E-state index contributed by atoms with van der Waals surface area (Å²) in [5.74, 6) is 0.514. The zero-order valence-electron chi connectivity index (χ0n) is 8.38. The van der Waals surface area contributed by atoms with Gasteiger partial charge in [0.1, 0.15) is 0 Å². The summed E-state index contributed by atoms with van der Waals surface area (Å²) in [6.45, 7) is 2.49. The Morgan fingerprint density at radius 3 is 2.80 bits per heavy atom. The van der Waals surface area contributed by atoms with E-state index >= 15 is 0 Å². The van der Waals surface area contributed by atoms with E-state index < -0.39 is 0 Å². The molecule has 15 heavy (non-hydrogen) atoms. The van der Waals surface area contributed by atoms with Crippen molar-refractivity contribution in [2.45, 2.75) is 13.5 Å². The molecule has 0 atom stereocenters. The van der Waals surface area contributed by atoms with Crippen LogP contribution in [0.2, 0.25) is 0 Å². The molecule has 2 aromatic heterocycles. The van der Waals surface area contributed by atoms with Crippen molar-refractivity contribution in [2.75, 3.05) is 11.5 Å². The van der Waals surface area contributed by atoms with Crippen LogP contribution in [0.5, 0.6) is 0 Å². The third-order valence-corrected chi connectivity index (χ3v) is 2.01. The molecule has 0 saturated heterocycles. The molecule has 0 spiro atoms. The third-order valence-electron chi connectivity index (χ3n) is 2.01. The van der Waals surface area contributed by atoms with Gasteiger partial charge in [0.15, 0.2) is 0 Å². The van der Waals surface area contributed by atoms with Gasteiger partial charge in [0, 0.05) is 11.9 Å². The molecular formula is C9H12N6. The molecule has 0 amide bonds. The topological polar surface area (TPSA) is 95.6 Å². The van der Waals surface area contributed by atoms with Crippen LogP contribution in [0.4, 0.5) is 11.9 Å². The molecule has 2 rings (SSSR count). The molecule has 6 nitrogen and oxygen atoms in total. The summed E-state index contributed by atoms with van der Waals surface area (Å²) in [5, 5.41) is 3.97. The smallest absolute Gasteiger partial charge is 0.241 e. The number of rotatable bonds is 2. The first-order chi connectivity index (χ1) is 7.15. The molecular weight excluding hydrogens is 192 g/mol. The molecule has 78 valence electrons. The summed E-state index contributed by atoms with van der Waals surface area (Å²) in [6, 6.07) is 3.88. The number of aryl methyl sites for hydroxylation is 1. The predicted octanol–water partition coefficient (Wildman–Crippen LogP) is 0.194. The summed E-state index contributed by atoms with van der Waals surface area (Å²) >= 11 is 0. The van der Waals surface area contributed by atoms with Gasteiger partial charge in [-0.15, -0.1) is 5.10 Å². The maximum absolute atomic E-state index is 5.62. The highest BCUT2D eigenvalue weighted by molar-refractivity contribution is 5.28. The van der Waals surface area contributed by atoms with Gasteiger partial charge >= 0.3 is 0 Å². The van der Waals surface area contributed by atoms with Crippen molar-refractivity contribution in [3.8, 4) is 0 Å². The van der Waals surface area contributed by atoms with Crippen molar-refractivity contribution in [3.63, 3.8) is 0 Å². The zero-order valence-corrected chi connectivity index (χ0v) is 8.38. The molecule has 6 heteroatoms. The number of nitrogens with two attached hydrogens (primary N) is 2. The molecule has 0 aliphatic rings. The molecule has 0 radical (unpaired) electrons. The van der Waals surface area contributed by atoms with E-state index in [-0.39, 0.29) is 5.95 Å². The number of anilines is 2. The SMILES string of the molecule is Cc1cc(Cn2nc(N)nc2N)ccn1. The van der Waals surface area contributed by atoms with E-state index in [2.05, 4.69) is 15.1 Å². The third kappa shape index (κ3) is 2.04. The van der Waals surface area contributed by atoms with Crippen LogP contribution < -0.4 is 11.5 Å². The van der Waals surface area contributed by atoms with Gasteiger partial charge in [-0.05, 0) is 24.6 Å². The molecule has 2 heterocycles. The van der Waals surface area contributed by atoms with Gasteiger partial charge in [-0.1, -0.05) is 0 Å². The minimum atomic E-state index is 0.193. The Morgan fingerprint density at radius 1 is 1.40 bits per heavy atom. The fourth-order valence-electron chi connectivity index (χ4n) is 1.36. The van der Waals surface area contributed by atoms with Crippen molar-refractivity contribution in [1.82, 2.24) is 19.7 Å². The molecule has 0 aromatic carbocycles. The lowest BCUT2D eigenvalue weighted by Crippen LogP contribution is -2.06. The first-order valence-electron chi connectivity index (χ1n) is 4.52. The predicted molar refractivity (Wildman–Crippen MR) is 56.9 cm³/mol. The number of nitrogen functional groups attached to an aromatic ring is 2. The van der Waals surface area contributed by atoms with E-state index in [1.54, 1.807) is 10.9 Å². The second-order valence-corrected chi connectivity index (χ2v) is 3.29. The number of aromatic nitrogens is 4. The van der Waals surface area contributed by atoms with Crippen LogP contribution >= 0.6 is 0 Å². The Kier molecular flexibility index (Phi) is 2.24. The van der Waals surface area contributed by atoms with Crippen LogP contribution in [0.15, 0.2) is 18.3 Å². The van der Waals surface area contributed by atoms with Crippen LogP contribution in [-0.2, 0) is 6.54 Å². The highest BCUT2D eigenvalue weighted by Gasteiger charge is 2.04. The Hall–Kier alpha value is -2.11. The van der Waals surface area contributed by atoms with Gasteiger partial charge in [-0.2, -0.15) is 4.98 Å². The fourth-order valence-corrected chi connectivity index (χ4v) is 1.36. The monoisotopic (exact) mass is 204 g/mol. The van der Waals surface area contributed by atoms with Gasteiger partial charge in [0.25, 0.3) is 0 Å². The van der Waals surface area contributed by atoms with Crippen molar-refractivity contribution in [1.29, 1.82) is 0 Å². The lowest BCUT2D eigenvalue weighted by atomic mass is 10.2. The molecule has 0 bridgehead atoms. The second-order valence-electron chi connectivity index (χ2n) is 3.29.